The lowest BCUT2D eigenvalue weighted by Crippen LogP contribution is -2.21. The average molecular weight is 230 g/mol. The zero-order valence-electron chi connectivity index (χ0n) is 9.43. The molecule has 1 aliphatic rings. The van der Waals surface area contributed by atoms with Crippen LogP contribution in [0.1, 0.15) is 12.8 Å². The topological polar surface area (TPSA) is 94.0 Å². The van der Waals surface area contributed by atoms with Crippen LogP contribution in [0.4, 0.5) is 17.6 Å². The van der Waals surface area contributed by atoms with Crippen molar-refractivity contribution < 1.29 is 0 Å². The normalized spacial score (nSPS) is 15.6. The van der Waals surface area contributed by atoms with E-state index in [0.717, 1.165) is 24.0 Å². The van der Waals surface area contributed by atoms with Crippen molar-refractivity contribution in [3.8, 4) is 0 Å². The fourth-order valence-corrected chi connectivity index (χ4v) is 2.12. The third-order valence-electron chi connectivity index (χ3n) is 3.01. The highest BCUT2D eigenvalue weighted by Crippen LogP contribution is 2.23. The van der Waals surface area contributed by atoms with Crippen molar-refractivity contribution in [1.29, 1.82) is 0 Å². The number of nitrogen functional groups attached to an aromatic ring is 2. The minimum absolute atomic E-state index is 0.432. The first-order valence-electron chi connectivity index (χ1n) is 5.68. The lowest BCUT2D eigenvalue weighted by Gasteiger charge is -2.16. The van der Waals surface area contributed by atoms with Crippen molar-refractivity contribution in [2.24, 2.45) is 0 Å². The number of fused-ring (bicyclic) bond motifs is 1. The number of rotatable bonds is 1. The Labute approximate surface area is 98.7 Å². The number of nitrogens with zero attached hydrogens (tertiary/aromatic N) is 4. The van der Waals surface area contributed by atoms with Gasteiger partial charge in [-0.25, -0.2) is 9.97 Å². The molecule has 0 aromatic carbocycles. The lowest BCUT2D eigenvalue weighted by molar-refractivity contribution is 0.909. The van der Waals surface area contributed by atoms with E-state index >= 15 is 0 Å². The largest absolute Gasteiger partial charge is 0.384 e. The van der Waals surface area contributed by atoms with Gasteiger partial charge in [-0.15, -0.1) is 0 Å². The number of pyridine rings is 1. The molecule has 0 amide bonds. The Morgan fingerprint density at radius 2 is 1.88 bits per heavy atom. The van der Waals surface area contributed by atoms with Crippen LogP contribution in [0, 0.1) is 0 Å². The molecule has 3 rings (SSSR count). The van der Waals surface area contributed by atoms with E-state index in [-0.39, 0.29) is 0 Å². The van der Waals surface area contributed by atoms with Crippen molar-refractivity contribution in [3.63, 3.8) is 0 Å². The third kappa shape index (κ3) is 1.71. The van der Waals surface area contributed by atoms with Gasteiger partial charge in [0.2, 0.25) is 5.95 Å². The zero-order chi connectivity index (χ0) is 11.8. The fourth-order valence-electron chi connectivity index (χ4n) is 2.12. The summed E-state index contributed by atoms with van der Waals surface area (Å²) < 4.78 is 0. The summed E-state index contributed by atoms with van der Waals surface area (Å²) in [6.45, 7) is 1.99. The van der Waals surface area contributed by atoms with E-state index < -0.39 is 0 Å². The summed E-state index contributed by atoms with van der Waals surface area (Å²) in [6, 6.07) is 1.71. The van der Waals surface area contributed by atoms with Crippen molar-refractivity contribution in [2.75, 3.05) is 29.5 Å². The van der Waals surface area contributed by atoms with Gasteiger partial charge in [0.15, 0.2) is 0 Å². The van der Waals surface area contributed by atoms with Crippen LogP contribution in [0.3, 0.4) is 0 Å². The van der Waals surface area contributed by atoms with E-state index in [4.69, 9.17) is 11.5 Å². The Morgan fingerprint density at radius 3 is 2.65 bits per heavy atom. The summed E-state index contributed by atoms with van der Waals surface area (Å²) in [5.41, 5.74) is 12.3. The predicted molar refractivity (Wildman–Crippen MR) is 67.6 cm³/mol. The molecular weight excluding hydrogens is 216 g/mol. The van der Waals surface area contributed by atoms with Crippen LogP contribution in [-0.4, -0.2) is 28.0 Å². The Balaban J connectivity index is 2.13. The van der Waals surface area contributed by atoms with Gasteiger partial charge >= 0.3 is 0 Å². The summed E-state index contributed by atoms with van der Waals surface area (Å²) in [5.74, 6) is 1.59. The minimum Gasteiger partial charge on any atom is -0.384 e. The standard InChI is InChI=1S/C11H14N6/c12-9-5-7-8(6-14-9)15-11(16-10(7)13)17-3-1-2-4-17/h5-6H,1-4H2,(H2,12,14)(H2,13,15,16). The number of nitrogens with two attached hydrogens (primary N) is 2. The molecular formula is C11H14N6. The molecule has 6 nitrogen and oxygen atoms in total. The molecule has 1 fully saturated rings. The monoisotopic (exact) mass is 230 g/mol. The van der Waals surface area contributed by atoms with Gasteiger partial charge in [0.1, 0.15) is 11.6 Å². The molecule has 1 saturated heterocycles. The van der Waals surface area contributed by atoms with Crippen LogP contribution >= 0.6 is 0 Å². The summed E-state index contributed by atoms with van der Waals surface area (Å²) in [5, 5.41) is 0.764. The minimum atomic E-state index is 0.432. The van der Waals surface area contributed by atoms with Crippen LogP contribution in [0.25, 0.3) is 10.9 Å². The maximum atomic E-state index is 5.93. The molecule has 1 aliphatic heterocycles. The second-order valence-corrected chi connectivity index (χ2v) is 4.23. The van der Waals surface area contributed by atoms with Crippen LogP contribution in [0.5, 0.6) is 0 Å². The van der Waals surface area contributed by atoms with Crippen LogP contribution in [0.2, 0.25) is 0 Å². The first-order valence-corrected chi connectivity index (χ1v) is 5.68. The number of hydrogen-bond donors (Lipinski definition) is 2. The van der Waals surface area contributed by atoms with Crippen LogP contribution in [0.15, 0.2) is 12.3 Å². The highest BCUT2D eigenvalue weighted by molar-refractivity contribution is 5.90. The van der Waals surface area contributed by atoms with Crippen LogP contribution < -0.4 is 16.4 Å². The van der Waals surface area contributed by atoms with E-state index in [1.165, 1.54) is 12.8 Å². The molecule has 4 N–H and O–H groups in total. The maximum absolute atomic E-state index is 5.93. The molecule has 88 valence electrons. The Bertz CT molecular complexity index is 561. The molecule has 0 atom stereocenters. The molecule has 17 heavy (non-hydrogen) atoms. The quantitative estimate of drug-likeness (QED) is 0.752. The molecule has 2 aromatic rings. The molecule has 0 saturated carbocycles. The molecule has 0 aliphatic carbocycles. The third-order valence-corrected chi connectivity index (χ3v) is 3.01. The highest BCUT2D eigenvalue weighted by atomic mass is 15.3. The van der Waals surface area contributed by atoms with E-state index in [9.17, 15) is 0 Å². The van der Waals surface area contributed by atoms with Crippen molar-refractivity contribution in [2.45, 2.75) is 12.8 Å². The smallest absolute Gasteiger partial charge is 0.227 e. The maximum Gasteiger partial charge on any atom is 0.227 e. The SMILES string of the molecule is Nc1cc2c(N)nc(N3CCCC3)nc2cn1. The van der Waals surface area contributed by atoms with Gasteiger partial charge in [0, 0.05) is 18.5 Å². The second-order valence-electron chi connectivity index (χ2n) is 4.23. The predicted octanol–water partition coefficient (Wildman–Crippen LogP) is 0.789. The van der Waals surface area contributed by atoms with E-state index in [1.54, 1.807) is 12.3 Å². The van der Waals surface area contributed by atoms with Gasteiger partial charge in [-0.1, -0.05) is 0 Å². The van der Waals surface area contributed by atoms with Crippen molar-refractivity contribution >= 4 is 28.5 Å². The van der Waals surface area contributed by atoms with Gasteiger partial charge in [0.05, 0.1) is 11.7 Å². The average Bonchev–Trinajstić information content (AvgIpc) is 2.83. The molecule has 3 heterocycles. The summed E-state index contributed by atoms with van der Waals surface area (Å²) in [6.07, 6.45) is 4.00. The van der Waals surface area contributed by atoms with Gasteiger partial charge < -0.3 is 16.4 Å². The molecule has 6 heteroatoms. The Morgan fingerprint density at radius 1 is 1.12 bits per heavy atom. The molecule has 2 aromatic heterocycles. The number of anilines is 3. The van der Waals surface area contributed by atoms with E-state index in [1.807, 2.05) is 0 Å². The first kappa shape index (κ1) is 10.1. The number of aromatic nitrogens is 3. The van der Waals surface area contributed by atoms with Gasteiger partial charge in [-0.05, 0) is 18.9 Å². The molecule has 0 bridgehead atoms. The van der Waals surface area contributed by atoms with Gasteiger partial charge in [0.25, 0.3) is 0 Å². The number of hydrogen-bond acceptors (Lipinski definition) is 6. The Hall–Kier alpha value is -2.11. The van der Waals surface area contributed by atoms with E-state index in [2.05, 4.69) is 19.9 Å². The second kappa shape index (κ2) is 3.73. The molecule has 0 spiro atoms. The highest BCUT2D eigenvalue weighted by Gasteiger charge is 2.16. The summed E-state index contributed by atoms with van der Waals surface area (Å²) in [7, 11) is 0. The van der Waals surface area contributed by atoms with Gasteiger partial charge in [-0.3, -0.25) is 0 Å². The van der Waals surface area contributed by atoms with Crippen molar-refractivity contribution in [1.82, 2.24) is 15.0 Å². The zero-order valence-corrected chi connectivity index (χ0v) is 9.43. The molecule has 0 unspecified atom stereocenters. The van der Waals surface area contributed by atoms with Crippen LogP contribution in [-0.2, 0) is 0 Å². The lowest BCUT2D eigenvalue weighted by atomic mass is 10.3. The Kier molecular flexibility index (Phi) is 2.21. The van der Waals surface area contributed by atoms with E-state index in [0.29, 0.717) is 17.6 Å². The summed E-state index contributed by atoms with van der Waals surface area (Å²) >= 11 is 0. The fraction of sp³-hybridized carbons (Fsp3) is 0.364. The van der Waals surface area contributed by atoms with Crippen molar-refractivity contribution in [3.05, 3.63) is 12.3 Å². The first-order chi connectivity index (χ1) is 8.24. The summed E-state index contributed by atoms with van der Waals surface area (Å²) in [4.78, 5) is 15.0. The molecule has 0 radical (unpaired) electrons. The van der Waals surface area contributed by atoms with Gasteiger partial charge in [-0.2, -0.15) is 4.98 Å².